The van der Waals surface area contributed by atoms with E-state index in [0.29, 0.717) is 35.2 Å². The molecule has 3 rings (SSSR count). The van der Waals surface area contributed by atoms with Gasteiger partial charge in [0, 0.05) is 18.4 Å². The second-order valence-electron chi connectivity index (χ2n) is 5.26. The van der Waals surface area contributed by atoms with Crippen LogP contribution in [0.2, 0.25) is 0 Å². The summed E-state index contributed by atoms with van der Waals surface area (Å²) < 4.78 is 10.8. The zero-order chi connectivity index (χ0) is 17.6. The number of hydrogen-bond donors (Lipinski definition) is 2. The molecule has 0 fully saturated rings. The third kappa shape index (κ3) is 4.36. The van der Waals surface area contributed by atoms with E-state index < -0.39 is 5.91 Å². The summed E-state index contributed by atoms with van der Waals surface area (Å²) in [7, 11) is 0. The normalized spacial score (nSPS) is 12.3. The van der Waals surface area contributed by atoms with Crippen LogP contribution in [0.25, 0.3) is 0 Å². The molecule has 0 radical (unpaired) electrons. The van der Waals surface area contributed by atoms with Crippen LogP contribution in [0.3, 0.4) is 0 Å². The molecule has 1 aliphatic rings. The molecular weight excluding hydrogens is 344 g/mol. The molecule has 1 aliphatic heterocycles. The number of ether oxygens (including phenoxy) is 2. The molecule has 130 valence electrons. The number of rotatable bonds is 5. The van der Waals surface area contributed by atoms with Crippen molar-refractivity contribution in [2.45, 2.75) is 12.8 Å². The van der Waals surface area contributed by atoms with Crippen LogP contribution in [0.1, 0.15) is 32.9 Å². The average molecular weight is 360 g/mol. The quantitative estimate of drug-likeness (QED) is 0.628. The van der Waals surface area contributed by atoms with E-state index in [2.05, 4.69) is 10.9 Å². The zero-order valence-electron chi connectivity index (χ0n) is 13.2. The highest BCUT2D eigenvalue weighted by atomic mass is 32.1. The molecule has 0 atom stereocenters. The standard InChI is InChI=1S/C17H16N2O5S/c20-12(11-3-5-13-14(10-11)24-8-7-23-13)4-6-16(21)18-19-17(22)15-2-1-9-25-15/h1-3,5,9-10H,4,6-8H2,(H,18,21)(H,19,22). The lowest BCUT2D eigenvalue weighted by atomic mass is 10.1. The van der Waals surface area contributed by atoms with Crippen LogP contribution < -0.4 is 20.3 Å². The Hall–Kier alpha value is -2.87. The summed E-state index contributed by atoms with van der Waals surface area (Å²) in [6.45, 7) is 0.925. The van der Waals surface area contributed by atoms with Gasteiger partial charge in [0.05, 0.1) is 4.88 Å². The molecule has 2 aromatic rings. The third-order valence-corrected chi connectivity index (χ3v) is 4.37. The number of Topliss-reactive ketones (excluding diaryl/α,β-unsaturated/α-hetero) is 1. The lowest BCUT2D eigenvalue weighted by Gasteiger charge is -2.18. The summed E-state index contributed by atoms with van der Waals surface area (Å²) in [6, 6.07) is 8.34. The number of hydrogen-bond acceptors (Lipinski definition) is 6. The Bertz CT molecular complexity index is 788. The van der Waals surface area contributed by atoms with Crippen LogP contribution in [0, 0.1) is 0 Å². The lowest BCUT2D eigenvalue weighted by Crippen LogP contribution is -2.41. The molecule has 0 aliphatic carbocycles. The molecule has 8 heteroatoms. The van der Waals surface area contributed by atoms with Crippen LogP contribution in [0.15, 0.2) is 35.7 Å². The number of hydrazine groups is 1. The maximum atomic E-state index is 12.2. The van der Waals surface area contributed by atoms with E-state index in [-0.39, 0.29) is 24.5 Å². The Morgan fingerprint density at radius 1 is 1.00 bits per heavy atom. The summed E-state index contributed by atoms with van der Waals surface area (Å²) in [4.78, 5) is 36.2. The molecule has 0 bridgehead atoms. The van der Waals surface area contributed by atoms with E-state index in [0.717, 1.165) is 0 Å². The smallest absolute Gasteiger partial charge is 0.279 e. The number of ketones is 1. The first-order chi connectivity index (χ1) is 12.1. The maximum Gasteiger partial charge on any atom is 0.279 e. The minimum atomic E-state index is -0.434. The van der Waals surface area contributed by atoms with E-state index in [4.69, 9.17) is 9.47 Å². The Morgan fingerprint density at radius 3 is 2.56 bits per heavy atom. The average Bonchev–Trinajstić information content (AvgIpc) is 3.18. The van der Waals surface area contributed by atoms with Crippen molar-refractivity contribution in [2.75, 3.05) is 13.2 Å². The molecule has 0 spiro atoms. The van der Waals surface area contributed by atoms with E-state index in [9.17, 15) is 14.4 Å². The van der Waals surface area contributed by atoms with Crippen molar-refractivity contribution in [1.82, 2.24) is 10.9 Å². The Kier molecular flexibility index (Phi) is 5.30. The second kappa shape index (κ2) is 7.80. The molecule has 0 unspecified atom stereocenters. The zero-order valence-corrected chi connectivity index (χ0v) is 14.1. The van der Waals surface area contributed by atoms with Crippen LogP contribution in [0.4, 0.5) is 0 Å². The molecular formula is C17H16N2O5S. The van der Waals surface area contributed by atoms with Crippen molar-refractivity contribution in [3.63, 3.8) is 0 Å². The highest BCUT2D eigenvalue weighted by Gasteiger charge is 2.16. The summed E-state index contributed by atoms with van der Waals surface area (Å²) in [6.07, 6.45) is -0.00164. The molecule has 1 aromatic carbocycles. The van der Waals surface area contributed by atoms with Crippen LogP contribution in [0.5, 0.6) is 11.5 Å². The first-order valence-corrected chi connectivity index (χ1v) is 8.57. The third-order valence-electron chi connectivity index (χ3n) is 3.50. The second-order valence-corrected chi connectivity index (χ2v) is 6.21. The van der Waals surface area contributed by atoms with Gasteiger partial charge in [0.1, 0.15) is 13.2 Å². The Balaban J connectivity index is 1.47. The van der Waals surface area contributed by atoms with Crippen molar-refractivity contribution in [3.05, 3.63) is 46.2 Å². The number of benzene rings is 1. The number of thiophene rings is 1. The molecule has 7 nitrogen and oxygen atoms in total. The molecule has 2 N–H and O–H groups in total. The molecule has 2 amide bonds. The molecule has 1 aromatic heterocycles. The summed E-state index contributed by atoms with van der Waals surface area (Å²) >= 11 is 1.27. The van der Waals surface area contributed by atoms with Gasteiger partial charge in [0.15, 0.2) is 17.3 Å². The largest absolute Gasteiger partial charge is 0.486 e. The molecule has 0 saturated heterocycles. The summed E-state index contributed by atoms with van der Waals surface area (Å²) in [5.41, 5.74) is 5.07. The number of carbonyl (C=O) groups excluding carboxylic acids is 3. The number of fused-ring (bicyclic) bond motifs is 1. The van der Waals surface area contributed by atoms with Crippen LogP contribution in [-0.4, -0.2) is 30.8 Å². The predicted octanol–water partition coefficient (Wildman–Crippen LogP) is 1.94. The number of amides is 2. The molecule has 0 saturated carbocycles. The van der Waals surface area contributed by atoms with E-state index in [1.807, 2.05) is 0 Å². The predicted molar refractivity (Wildman–Crippen MR) is 90.9 cm³/mol. The lowest BCUT2D eigenvalue weighted by molar-refractivity contribution is -0.121. The Morgan fingerprint density at radius 2 is 1.80 bits per heavy atom. The number of nitrogens with one attached hydrogen (secondary N) is 2. The van der Waals surface area contributed by atoms with Crippen molar-refractivity contribution >= 4 is 28.9 Å². The van der Waals surface area contributed by atoms with Crippen molar-refractivity contribution in [1.29, 1.82) is 0 Å². The van der Waals surface area contributed by atoms with Gasteiger partial charge < -0.3 is 9.47 Å². The topological polar surface area (TPSA) is 93.7 Å². The minimum Gasteiger partial charge on any atom is -0.486 e. The molecule has 2 heterocycles. The monoisotopic (exact) mass is 360 g/mol. The first-order valence-electron chi connectivity index (χ1n) is 7.69. The van der Waals surface area contributed by atoms with Gasteiger partial charge in [0.25, 0.3) is 5.91 Å². The van der Waals surface area contributed by atoms with Gasteiger partial charge in [-0.25, -0.2) is 0 Å². The van der Waals surface area contributed by atoms with E-state index >= 15 is 0 Å². The first kappa shape index (κ1) is 17.0. The van der Waals surface area contributed by atoms with Gasteiger partial charge in [-0.15, -0.1) is 11.3 Å². The molecule has 25 heavy (non-hydrogen) atoms. The maximum absolute atomic E-state index is 12.2. The highest BCUT2D eigenvalue weighted by Crippen LogP contribution is 2.31. The van der Waals surface area contributed by atoms with E-state index in [1.54, 1.807) is 35.7 Å². The van der Waals surface area contributed by atoms with Gasteiger partial charge in [-0.2, -0.15) is 0 Å². The van der Waals surface area contributed by atoms with Gasteiger partial charge in [-0.05, 0) is 29.6 Å². The Labute approximate surface area is 147 Å². The fraction of sp³-hybridized carbons (Fsp3) is 0.235. The number of carbonyl (C=O) groups is 3. The van der Waals surface area contributed by atoms with Crippen LogP contribution in [-0.2, 0) is 4.79 Å². The van der Waals surface area contributed by atoms with Crippen molar-refractivity contribution in [2.24, 2.45) is 0 Å². The fourth-order valence-corrected chi connectivity index (χ4v) is 2.87. The van der Waals surface area contributed by atoms with Gasteiger partial charge in [-0.3, -0.25) is 25.2 Å². The fourth-order valence-electron chi connectivity index (χ4n) is 2.25. The summed E-state index contributed by atoms with van der Waals surface area (Å²) in [5.74, 6) is 0.135. The van der Waals surface area contributed by atoms with E-state index in [1.165, 1.54) is 11.3 Å². The minimum absolute atomic E-state index is 0.0281. The van der Waals surface area contributed by atoms with Crippen LogP contribution >= 0.6 is 11.3 Å². The summed E-state index contributed by atoms with van der Waals surface area (Å²) in [5, 5.41) is 1.77. The van der Waals surface area contributed by atoms with Crippen molar-refractivity contribution < 1.29 is 23.9 Å². The highest BCUT2D eigenvalue weighted by molar-refractivity contribution is 7.12. The van der Waals surface area contributed by atoms with Gasteiger partial charge in [0.2, 0.25) is 5.91 Å². The van der Waals surface area contributed by atoms with Gasteiger partial charge >= 0.3 is 0 Å². The SMILES string of the molecule is O=C(CCC(=O)c1ccc2c(c1)OCCO2)NNC(=O)c1cccs1. The van der Waals surface area contributed by atoms with Crippen molar-refractivity contribution in [3.8, 4) is 11.5 Å². The van der Waals surface area contributed by atoms with Gasteiger partial charge in [-0.1, -0.05) is 6.07 Å².